The van der Waals surface area contributed by atoms with Crippen molar-refractivity contribution in [1.29, 1.82) is 0 Å². The zero-order chi connectivity index (χ0) is 22.4. The lowest BCUT2D eigenvalue weighted by molar-refractivity contribution is 0.357. The van der Waals surface area contributed by atoms with Crippen LogP contribution in [0.1, 0.15) is 16.7 Å². The molecule has 0 saturated carbocycles. The van der Waals surface area contributed by atoms with Gasteiger partial charge in [0.05, 0.1) is 30.0 Å². The van der Waals surface area contributed by atoms with Gasteiger partial charge in [0.25, 0.3) is 0 Å². The quantitative estimate of drug-likeness (QED) is 0.345. The number of hydrogen-bond acceptors (Lipinski definition) is 6. The number of ether oxygens (including phenoxy) is 2. The van der Waals surface area contributed by atoms with Gasteiger partial charge >= 0.3 is 0 Å². The topological polar surface area (TPSA) is 60.7 Å². The Morgan fingerprint density at radius 1 is 0.875 bits per heavy atom. The number of imidazole rings is 1. The number of nitrogens with zero attached hydrogens (tertiary/aromatic N) is 3. The number of aryl methyl sites for hydroxylation is 3. The van der Waals surface area contributed by atoms with Crippen LogP contribution in [0, 0.1) is 20.8 Å². The summed E-state index contributed by atoms with van der Waals surface area (Å²) in [5.41, 5.74) is 6.29. The van der Waals surface area contributed by atoms with Crippen LogP contribution < -0.4 is 14.8 Å². The van der Waals surface area contributed by atoms with Crippen LogP contribution in [0.3, 0.4) is 0 Å². The van der Waals surface area contributed by atoms with E-state index in [1.54, 1.807) is 25.6 Å². The molecule has 0 spiro atoms. The molecule has 5 aromatic rings. The molecule has 0 saturated heterocycles. The second kappa shape index (κ2) is 7.84. The molecule has 0 radical (unpaired) electrons. The minimum absolute atomic E-state index is 0.760. The summed E-state index contributed by atoms with van der Waals surface area (Å²) in [7, 11) is 3.35. The van der Waals surface area contributed by atoms with E-state index in [1.807, 2.05) is 29.8 Å². The molecular formula is C25H24N4O2S. The van der Waals surface area contributed by atoms with Crippen LogP contribution in [0.5, 0.6) is 11.5 Å². The zero-order valence-corrected chi connectivity index (χ0v) is 19.5. The van der Waals surface area contributed by atoms with Crippen molar-refractivity contribution in [2.75, 3.05) is 19.5 Å². The van der Waals surface area contributed by atoms with E-state index in [-0.39, 0.29) is 0 Å². The van der Waals surface area contributed by atoms with Crippen LogP contribution >= 0.6 is 11.3 Å². The van der Waals surface area contributed by atoms with E-state index in [4.69, 9.17) is 14.6 Å². The molecule has 0 atom stereocenters. The van der Waals surface area contributed by atoms with Gasteiger partial charge in [0.1, 0.15) is 5.69 Å². The van der Waals surface area contributed by atoms with Crippen LogP contribution in [0.15, 0.2) is 48.7 Å². The van der Waals surface area contributed by atoms with Gasteiger partial charge < -0.3 is 14.8 Å². The van der Waals surface area contributed by atoms with Gasteiger partial charge in [0.2, 0.25) is 0 Å². The van der Waals surface area contributed by atoms with Crippen LogP contribution in [-0.2, 0) is 0 Å². The molecule has 1 N–H and O–H groups in total. The van der Waals surface area contributed by atoms with Crippen molar-refractivity contribution in [3.05, 3.63) is 65.4 Å². The second-order valence-corrected chi connectivity index (χ2v) is 8.90. The average molecular weight is 445 g/mol. The molecule has 3 aromatic heterocycles. The first kappa shape index (κ1) is 20.3. The summed E-state index contributed by atoms with van der Waals surface area (Å²) in [6.45, 7) is 6.24. The summed E-state index contributed by atoms with van der Waals surface area (Å²) in [6, 6.07) is 14.5. The van der Waals surface area contributed by atoms with E-state index in [1.165, 1.54) is 11.1 Å². The summed E-state index contributed by atoms with van der Waals surface area (Å²) < 4.78 is 14.2. The molecule has 0 aliphatic carbocycles. The first-order chi connectivity index (χ1) is 15.5. The lowest BCUT2D eigenvalue weighted by Crippen LogP contribution is -2.00. The third kappa shape index (κ3) is 3.35. The first-order valence-corrected chi connectivity index (χ1v) is 11.1. The molecule has 0 bridgehead atoms. The minimum Gasteiger partial charge on any atom is -0.493 e. The van der Waals surface area contributed by atoms with Crippen LogP contribution in [0.4, 0.5) is 11.5 Å². The van der Waals surface area contributed by atoms with Crippen molar-refractivity contribution in [2.24, 2.45) is 0 Å². The lowest BCUT2D eigenvalue weighted by Gasteiger charge is -2.11. The van der Waals surface area contributed by atoms with E-state index in [9.17, 15) is 0 Å². The van der Waals surface area contributed by atoms with Gasteiger partial charge in [-0.3, -0.25) is 0 Å². The molecule has 0 amide bonds. The lowest BCUT2D eigenvalue weighted by atomic mass is 10.1. The first-order valence-electron chi connectivity index (χ1n) is 10.3. The van der Waals surface area contributed by atoms with Crippen molar-refractivity contribution in [3.8, 4) is 22.1 Å². The van der Waals surface area contributed by atoms with Gasteiger partial charge in [0.15, 0.2) is 23.0 Å². The van der Waals surface area contributed by atoms with Crippen molar-refractivity contribution < 1.29 is 9.47 Å². The average Bonchev–Trinajstić information content (AvgIpc) is 3.38. The molecule has 2 aromatic carbocycles. The van der Waals surface area contributed by atoms with E-state index >= 15 is 0 Å². The predicted molar refractivity (Wildman–Crippen MR) is 131 cm³/mol. The summed E-state index contributed by atoms with van der Waals surface area (Å²) in [5, 5.41) is 9.33. The van der Waals surface area contributed by atoms with Crippen molar-refractivity contribution in [2.45, 2.75) is 20.8 Å². The van der Waals surface area contributed by atoms with Gasteiger partial charge in [-0.25, -0.2) is 9.50 Å². The Hall–Kier alpha value is -3.58. The van der Waals surface area contributed by atoms with E-state index in [0.29, 0.717) is 0 Å². The van der Waals surface area contributed by atoms with Crippen LogP contribution in [0.2, 0.25) is 0 Å². The van der Waals surface area contributed by atoms with Crippen molar-refractivity contribution >= 4 is 38.6 Å². The smallest absolute Gasteiger partial charge is 0.178 e. The number of anilines is 2. The summed E-state index contributed by atoms with van der Waals surface area (Å²) in [6.07, 6.45) is 1.86. The molecule has 0 aliphatic heterocycles. The highest BCUT2D eigenvalue weighted by atomic mass is 32.1. The summed E-state index contributed by atoms with van der Waals surface area (Å²) >= 11 is 1.65. The third-order valence-electron chi connectivity index (χ3n) is 5.71. The van der Waals surface area contributed by atoms with Gasteiger partial charge in [-0.1, -0.05) is 6.07 Å². The van der Waals surface area contributed by atoms with Gasteiger partial charge in [0, 0.05) is 5.69 Å². The Bertz CT molecular complexity index is 1470. The number of aromatic nitrogens is 3. The number of nitrogens with one attached hydrogen (secondary N) is 1. The van der Waals surface area contributed by atoms with Gasteiger partial charge in [-0.15, -0.1) is 16.4 Å². The SMILES string of the molecule is COc1c(C)cc2cc(-c3cnc4ccc(Nc5ccc(C)c(C)c5)nn34)sc2c1OC. The molecule has 6 nitrogen and oxygen atoms in total. The Morgan fingerprint density at radius 2 is 1.69 bits per heavy atom. The zero-order valence-electron chi connectivity index (χ0n) is 18.7. The second-order valence-electron chi connectivity index (χ2n) is 7.85. The van der Waals surface area contributed by atoms with E-state index in [2.05, 4.69) is 54.5 Å². The fourth-order valence-electron chi connectivity index (χ4n) is 3.91. The fourth-order valence-corrected chi connectivity index (χ4v) is 5.07. The minimum atomic E-state index is 0.760. The fraction of sp³-hybridized carbons (Fsp3) is 0.200. The molecule has 162 valence electrons. The maximum absolute atomic E-state index is 5.69. The monoisotopic (exact) mass is 444 g/mol. The molecule has 32 heavy (non-hydrogen) atoms. The molecule has 0 unspecified atom stereocenters. The standard InChI is InChI=1S/C25H24N4O2S/c1-14-6-7-18(11-15(14)2)27-21-8-9-22-26-13-19(29(22)28-21)20-12-17-10-16(3)23(30-4)24(31-5)25(17)32-20/h6-13H,1-5H3,(H,27,28). The van der Waals surface area contributed by atoms with E-state index in [0.717, 1.165) is 54.9 Å². The maximum Gasteiger partial charge on any atom is 0.178 e. The number of fused-ring (bicyclic) bond motifs is 2. The highest BCUT2D eigenvalue weighted by Gasteiger charge is 2.18. The summed E-state index contributed by atoms with van der Waals surface area (Å²) in [5.74, 6) is 2.29. The van der Waals surface area contributed by atoms with E-state index < -0.39 is 0 Å². The molecule has 0 aliphatic rings. The maximum atomic E-state index is 5.69. The largest absolute Gasteiger partial charge is 0.493 e. The molecule has 5 rings (SSSR count). The number of thiophene rings is 1. The Balaban J connectivity index is 1.59. The number of rotatable bonds is 5. The molecule has 3 heterocycles. The van der Waals surface area contributed by atoms with Crippen LogP contribution in [-0.4, -0.2) is 28.8 Å². The Labute approximate surface area is 190 Å². The van der Waals surface area contributed by atoms with Crippen LogP contribution in [0.25, 0.3) is 26.3 Å². The molecule has 0 fully saturated rings. The molecular weight excluding hydrogens is 420 g/mol. The predicted octanol–water partition coefficient (Wildman–Crippen LogP) is 6.30. The number of hydrogen-bond donors (Lipinski definition) is 1. The van der Waals surface area contributed by atoms with Gasteiger partial charge in [-0.05, 0) is 79.2 Å². The Kier molecular flexibility index (Phi) is 4.98. The van der Waals surface area contributed by atoms with Crippen molar-refractivity contribution in [3.63, 3.8) is 0 Å². The number of benzene rings is 2. The highest BCUT2D eigenvalue weighted by molar-refractivity contribution is 7.22. The van der Waals surface area contributed by atoms with Gasteiger partial charge in [-0.2, -0.15) is 0 Å². The normalized spacial score (nSPS) is 11.3. The highest BCUT2D eigenvalue weighted by Crippen LogP contribution is 2.45. The molecule has 7 heteroatoms. The van der Waals surface area contributed by atoms with Crippen molar-refractivity contribution in [1.82, 2.24) is 14.6 Å². The Morgan fingerprint density at radius 3 is 2.44 bits per heavy atom. The third-order valence-corrected chi connectivity index (χ3v) is 6.88. The number of methoxy groups -OCH3 is 2. The summed E-state index contributed by atoms with van der Waals surface area (Å²) in [4.78, 5) is 5.62.